The van der Waals surface area contributed by atoms with Crippen molar-refractivity contribution >= 4 is 17.9 Å². The SMILES string of the molecule is CC/C=C\C/C=C\C/C=C\C/C=C\C/C=C\CCCCCCCC(=O)OC(COC(=O)CCCCCCC/C=C\CCCCCC)COC(=O)CCCCCCCCCCCCCCCCCC/C=C\C/C=C\C/C=C\C/C=C\CC. The number of unbranched alkanes of at least 4 members (excludes halogenated alkanes) is 30. The van der Waals surface area contributed by atoms with E-state index in [0.29, 0.717) is 19.3 Å². The van der Waals surface area contributed by atoms with E-state index in [2.05, 4.69) is 142 Å². The van der Waals surface area contributed by atoms with Gasteiger partial charge in [0.05, 0.1) is 0 Å². The van der Waals surface area contributed by atoms with Crippen LogP contribution in [0.4, 0.5) is 0 Å². The van der Waals surface area contributed by atoms with Crippen LogP contribution in [0.1, 0.15) is 316 Å². The van der Waals surface area contributed by atoms with E-state index in [1.165, 1.54) is 135 Å². The highest BCUT2D eigenvalue weighted by Gasteiger charge is 2.19. The van der Waals surface area contributed by atoms with Gasteiger partial charge in [0.15, 0.2) is 6.10 Å². The maximum atomic E-state index is 12.9. The Kier molecular flexibility index (Phi) is 64.8. The fraction of sp³-hybridized carbons (Fsp3) is 0.693. The summed E-state index contributed by atoms with van der Waals surface area (Å²) in [5.41, 5.74) is 0. The van der Waals surface area contributed by atoms with Gasteiger partial charge in [-0.3, -0.25) is 14.4 Å². The van der Waals surface area contributed by atoms with Crippen molar-refractivity contribution in [3.63, 3.8) is 0 Å². The first-order chi connectivity index (χ1) is 40.0. The summed E-state index contributed by atoms with van der Waals surface area (Å²) in [6.07, 6.45) is 95.0. The molecule has 0 bridgehead atoms. The zero-order valence-electron chi connectivity index (χ0n) is 53.0. The van der Waals surface area contributed by atoms with E-state index in [9.17, 15) is 14.4 Å². The zero-order valence-corrected chi connectivity index (χ0v) is 53.0. The second kappa shape index (κ2) is 68.3. The van der Waals surface area contributed by atoms with E-state index in [1.54, 1.807) is 0 Å². The maximum absolute atomic E-state index is 12.9. The van der Waals surface area contributed by atoms with Gasteiger partial charge in [0.1, 0.15) is 13.2 Å². The van der Waals surface area contributed by atoms with E-state index in [-0.39, 0.29) is 31.1 Å². The first kappa shape index (κ1) is 76.8. The molecular weight excluding hydrogens is 997 g/mol. The normalized spacial score (nSPS) is 12.9. The van der Waals surface area contributed by atoms with Crippen LogP contribution in [-0.2, 0) is 28.6 Å². The molecule has 0 rings (SSSR count). The summed E-state index contributed by atoms with van der Waals surface area (Å²) in [7, 11) is 0. The van der Waals surface area contributed by atoms with Gasteiger partial charge < -0.3 is 14.2 Å². The van der Waals surface area contributed by atoms with Crippen molar-refractivity contribution in [3.05, 3.63) is 122 Å². The molecule has 0 aliphatic carbocycles. The molecule has 0 spiro atoms. The van der Waals surface area contributed by atoms with E-state index >= 15 is 0 Å². The highest BCUT2D eigenvalue weighted by atomic mass is 16.6. The largest absolute Gasteiger partial charge is 0.462 e. The fourth-order valence-electron chi connectivity index (χ4n) is 9.40. The molecule has 1 unspecified atom stereocenters. The van der Waals surface area contributed by atoms with Crippen molar-refractivity contribution < 1.29 is 28.6 Å². The minimum absolute atomic E-state index is 0.0887. The van der Waals surface area contributed by atoms with Gasteiger partial charge in [-0.05, 0) is 128 Å². The molecule has 0 aromatic carbocycles. The summed E-state index contributed by atoms with van der Waals surface area (Å²) in [5.74, 6) is -0.908. The van der Waals surface area contributed by atoms with Gasteiger partial charge in [-0.15, -0.1) is 0 Å². The lowest BCUT2D eigenvalue weighted by molar-refractivity contribution is -0.167. The number of hydrogen-bond donors (Lipinski definition) is 0. The Balaban J connectivity index is 4.30. The summed E-state index contributed by atoms with van der Waals surface area (Å²) in [4.78, 5) is 38.4. The van der Waals surface area contributed by atoms with Gasteiger partial charge in [0.2, 0.25) is 0 Å². The Bertz CT molecular complexity index is 1670. The molecule has 0 amide bonds. The average molecular weight is 1120 g/mol. The van der Waals surface area contributed by atoms with E-state index in [1.807, 2.05) is 0 Å². The molecule has 462 valence electrons. The number of rotatable bonds is 61. The molecule has 6 heteroatoms. The van der Waals surface area contributed by atoms with Crippen LogP contribution in [0.25, 0.3) is 0 Å². The Morgan fingerprint density at radius 2 is 0.481 bits per heavy atom. The molecule has 6 nitrogen and oxygen atoms in total. The highest BCUT2D eigenvalue weighted by molar-refractivity contribution is 5.71. The first-order valence-electron chi connectivity index (χ1n) is 34.0. The number of hydrogen-bond acceptors (Lipinski definition) is 6. The van der Waals surface area contributed by atoms with E-state index < -0.39 is 6.10 Å². The maximum Gasteiger partial charge on any atom is 0.306 e. The van der Waals surface area contributed by atoms with Crippen molar-refractivity contribution in [2.75, 3.05) is 13.2 Å². The van der Waals surface area contributed by atoms with Gasteiger partial charge in [-0.1, -0.05) is 290 Å². The summed E-state index contributed by atoms with van der Waals surface area (Å²) in [5, 5.41) is 0. The minimum atomic E-state index is -0.795. The molecule has 0 saturated carbocycles. The third-order valence-electron chi connectivity index (χ3n) is 14.4. The van der Waals surface area contributed by atoms with Crippen LogP contribution in [0.2, 0.25) is 0 Å². The van der Waals surface area contributed by atoms with Gasteiger partial charge in [-0.2, -0.15) is 0 Å². The van der Waals surface area contributed by atoms with Gasteiger partial charge >= 0.3 is 17.9 Å². The van der Waals surface area contributed by atoms with Crippen molar-refractivity contribution in [2.24, 2.45) is 0 Å². The van der Waals surface area contributed by atoms with Crippen molar-refractivity contribution in [1.82, 2.24) is 0 Å². The van der Waals surface area contributed by atoms with Crippen molar-refractivity contribution in [1.29, 1.82) is 0 Å². The molecule has 0 N–H and O–H groups in total. The number of carbonyl (C=O) groups is 3. The van der Waals surface area contributed by atoms with Gasteiger partial charge in [0, 0.05) is 19.3 Å². The highest BCUT2D eigenvalue weighted by Crippen LogP contribution is 2.16. The smallest absolute Gasteiger partial charge is 0.306 e. The predicted octanol–water partition coefficient (Wildman–Crippen LogP) is 23.6. The zero-order chi connectivity index (χ0) is 58.5. The summed E-state index contributed by atoms with van der Waals surface area (Å²) in [6.45, 7) is 6.40. The Morgan fingerprint density at radius 1 is 0.259 bits per heavy atom. The quantitative estimate of drug-likeness (QED) is 0.0261. The third kappa shape index (κ3) is 66.5. The lowest BCUT2D eigenvalue weighted by Gasteiger charge is -2.18. The monoisotopic (exact) mass is 1120 g/mol. The lowest BCUT2D eigenvalue weighted by Crippen LogP contribution is -2.30. The average Bonchev–Trinajstić information content (AvgIpc) is 3.46. The molecule has 0 aliphatic heterocycles. The molecule has 0 aromatic heterocycles. The van der Waals surface area contributed by atoms with E-state index in [0.717, 1.165) is 141 Å². The van der Waals surface area contributed by atoms with Crippen LogP contribution in [0.5, 0.6) is 0 Å². The molecule has 0 aromatic rings. The molecule has 0 radical (unpaired) electrons. The van der Waals surface area contributed by atoms with Crippen LogP contribution >= 0.6 is 0 Å². The molecular formula is C75H126O6. The summed E-state index contributed by atoms with van der Waals surface area (Å²) >= 11 is 0. The Hall–Kier alpha value is -4.19. The fourth-order valence-corrected chi connectivity index (χ4v) is 9.40. The predicted molar refractivity (Wildman–Crippen MR) is 353 cm³/mol. The number of allylic oxidation sites excluding steroid dienone is 20. The number of esters is 3. The number of ether oxygens (including phenoxy) is 3. The first-order valence-corrected chi connectivity index (χ1v) is 34.0. The topological polar surface area (TPSA) is 78.9 Å². The van der Waals surface area contributed by atoms with Crippen LogP contribution in [0.3, 0.4) is 0 Å². The summed E-state index contributed by atoms with van der Waals surface area (Å²) in [6, 6.07) is 0. The van der Waals surface area contributed by atoms with Crippen molar-refractivity contribution in [2.45, 2.75) is 322 Å². The molecule has 0 fully saturated rings. The van der Waals surface area contributed by atoms with E-state index in [4.69, 9.17) is 14.2 Å². The van der Waals surface area contributed by atoms with Gasteiger partial charge in [-0.25, -0.2) is 0 Å². The van der Waals surface area contributed by atoms with Crippen LogP contribution in [0.15, 0.2) is 122 Å². The Morgan fingerprint density at radius 3 is 0.765 bits per heavy atom. The standard InChI is InChI=1S/C75H126O6/c1-4-7-10-13-16-19-22-25-27-29-31-33-34-35-36-37-38-39-40-42-43-45-47-50-53-56-59-62-65-68-74(77)80-71-72(70-79-73(76)67-64-61-58-55-52-49-24-21-18-15-12-9-6-3)81-75(78)69-66-63-60-57-54-51-48-46-44-41-32-30-28-26-23-20-17-14-11-8-5-2/h7-8,10-11,16-17,19-21,24-28,31-33,41,46,48,72H,4-6,9,12-15,18,22-23,29-30,34-40,42-45,47,49-71H2,1-3H3/b10-7-,11-8-,19-16-,20-17-,24-21-,27-25-,28-26-,33-31-,41-32-,48-46-. The minimum Gasteiger partial charge on any atom is -0.462 e. The van der Waals surface area contributed by atoms with Crippen LogP contribution < -0.4 is 0 Å². The second-order valence-corrected chi connectivity index (χ2v) is 22.3. The lowest BCUT2D eigenvalue weighted by atomic mass is 10.0. The molecule has 0 heterocycles. The molecule has 0 saturated heterocycles. The Labute approximate surface area is 501 Å². The molecule has 0 aliphatic rings. The molecule has 1 atom stereocenters. The third-order valence-corrected chi connectivity index (χ3v) is 14.4. The summed E-state index contributed by atoms with van der Waals surface area (Å²) < 4.78 is 16.9. The number of carbonyl (C=O) groups excluding carboxylic acids is 3. The van der Waals surface area contributed by atoms with Crippen molar-refractivity contribution in [3.8, 4) is 0 Å². The van der Waals surface area contributed by atoms with Crippen LogP contribution in [-0.4, -0.2) is 37.2 Å². The van der Waals surface area contributed by atoms with Gasteiger partial charge in [0.25, 0.3) is 0 Å². The molecule has 81 heavy (non-hydrogen) atoms. The second-order valence-electron chi connectivity index (χ2n) is 22.3. The van der Waals surface area contributed by atoms with Crippen LogP contribution in [0, 0.1) is 0 Å².